The molecule has 0 fully saturated rings. The molecule has 0 amide bonds. The van der Waals surface area contributed by atoms with Crippen LogP contribution in [0.25, 0.3) is 11.4 Å². The molecule has 0 bridgehead atoms. The van der Waals surface area contributed by atoms with E-state index in [0.29, 0.717) is 17.1 Å². The summed E-state index contributed by atoms with van der Waals surface area (Å²) < 4.78 is 6.74. The predicted molar refractivity (Wildman–Crippen MR) is 89.6 cm³/mol. The van der Waals surface area contributed by atoms with Crippen LogP contribution >= 0.6 is 11.6 Å². The number of hydrogen-bond acceptors (Lipinski definition) is 3. The largest absolute Gasteiger partial charge is 0.465 e. The first kappa shape index (κ1) is 15.3. The van der Waals surface area contributed by atoms with Crippen molar-refractivity contribution in [3.63, 3.8) is 0 Å². The van der Waals surface area contributed by atoms with Gasteiger partial charge in [-0.1, -0.05) is 35.9 Å². The maximum absolute atomic E-state index is 11.5. The number of carbonyl (C=O) groups excluding carboxylic acids is 1. The van der Waals surface area contributed by atoms with Crippen LogP contribution in [-0.4, -0.2) is 22.6 Å². The van der Waals surface area contributed by atoms with E-state index in [-0.39, 0.29) is 5.97 Å². The van der Waals surface area contributed by atoms with E-state index in [1.54, 1.807) is 18.3 Å². The van der Waals surface area contributed by atoms with E-state index in [1.807, 2.05) is 47.2 Å². The number of aromatic nitrogens is 2. The molecule has 0 spiro atoms. The first-order chi connectivity index (χ1) is 11.2. The zero-order valence-corrected chi connectivity index (χ0v) is 13.3. The van der Waals surface area contributed by atoms with Crippen molar-refractivity contribution >= 4 is 17.6 Å². The molecule has 0 aliphatic rings. The van der Waals surface area contributed by atoms with Gasteiger partial charge in [0.2, 0.25) is 0 Å². The van der Waals surface area contributed by atoms with E-state index >= 15 is 0 Å². The van der Waals surface area contributed by atoms with E-state index in [2.05, 4.69) is 4.98 Å². The molecule has 23 heavy (non-hydrogen) atoms. The zero-order valence-electron chi connectivity index (χ0n) is 12.6. The summed E-state index contributed by atoms with van der Waals surface area (Å²) >= 11 is 6.05. The molecule has 0 radical (unpaired) electrons. The molecule has 1 heterocycles. The Kier molecular flexibility index (Phi) is 4.44. The van der Waals surface area contributed by atoms with Gasteiger partial charge in [0.05, 0.1) is 12.7 Å². The molecule has 3 rings (SSSR count). The third-order valence-electron chi connectivity index (χ3n) is 3.53. The van der Waals surface area contributed by atoms with Crippen molar-refractivity contribution in [1.29, 1.82) is 0 Å². The Morgan fingerprint density at radius 3 is 2.70 bits per heavy atom. The lowest BCUT2D eigenvalue weighted by Crippen LogP contribution is -2.03. The fourth-order valence-electron chi connectivity index (χ4n) is 2.39. The highest BCUT2D eigenvalue weighted by Gasteiger charge is 2.08. The number of ether oxygens (including phenoxy) is 1. The molecule has 0 N–H and O–H groups in total. The minimum atomic E-state index is -0.334. The number of carbonyl (C=O) groups is 1. The van der Waals surface area contributed by atoms with Gasteiger partial charge >= 0.3 is 5.97 Å². The van der Waals surface area contributed by atoms with Gasteiger partial charge < -0.3 is 9.30 Å². The molecule has 0 saturated heterocycles. The van der Waals surface area contributed by atoms with Crippen molar-refractivity contribution in [2.45, 2.75) is 6.54 Å². The highest BCUT2D eigenvalue weighted by molar-refractivity contribution is 6.30. The highest BCUT2D eigenvalue weighted by atomic mass is 35.5. The Balaban J connectivity index is 1.84. The average molecular weight is 327 g/mol. The van der Waals surface area contributed by atoms with Gasteiger partial charge in [0.25, 0.3) is 0 Å². The number of benzene rings is 2. The van der Waals surface area contributed by atoms with E-state index in [4.69, 9.17) is 16.3 Å². The first-order valence-electron chi connectivity index (χ1n) is 7.11. The number of nitrogens with zero attached hydrogens (tertiary/aromatic N) is 2. The second-order valence-electron chi connectivity index (χ2n) is 5.08. The van der Waals surface area contributed by atoms with Gasteiger partial charge in [-0.15, -0.1) is 0 Å². The molecule has 116 valence electrons. The summed E-state index contributed by atoms with van der Waals surface area (Å²) in [6.45, 7) is 0.656. The van der Waals surface area contributed by atoms with Gasteiger partial charge in [0, 0.05) is 29.5 Å². The van der Waals surface area contributed by atoms with Crippen molar-refractivity contribution in [1.82, 2.24) is 9.55 Å². The van der Waals surface area contributed by atoms with Crippen LogP contribution < -0.4 is 0 Å². The molecule has 5 heteroatoms. The third kappa shape index (κ3) is 3.43. The maximum Gasteiger partial charge on any atom is 0.337 e. The third-order valence-corrected chi connectivity index (χ3v) is 3.76. The van der Waals surface area contributed by atoms with Crippen LogP contribution in [0.1, 0.15) is 15.9 Å². The number of rotatable bonds is 4. The van der Waals surface area contributed by atoms with Crippen LogP contribution in [0.3, 0.4) is 0 Å². The minimum absolute atomic E-state index is 0.334. The molecular weight excluding hydrogens is 312 g/mol. The topological polar surface area (TPSA) is 44.1 Å². The van der Waals surface area contributed by atoms with Crippen LogP contribution in [0.4, 0.5) is 0 Å². The quantitative estimate of drug-likeness (QED) is 0.680. The van der Waals surface area contributed by atoms with Crippen LogP contribution in [0.5, 0.6) is 0 Å². The first-order valence-corrected chi connectivity index (χ1v) is 7.49. The van der Waals surface area contributed by atoms with Crippen molar-refractivity contribution in [3.05, 3.63) is 77.1 Å². The molecule has 0 aliphatic heterocycles. The van der Waals surface area contributed by atoms with Gasteiger partial charge in [-0.2, -0.15) is 0 Å². The summed E-state index contributed by atoms with van der Waals surface area (Å²) in [6, 6.07) is 15.0. The van der Waals surface area contributed by atoms with Crippen LogP contribution in [0, 0.1) is 0 Å². The molecule has 0 unspecified atom stereocenters. The molecule has 4 nitrogen and oxygen atoms in total. The Labute approximate surface area is 139 Å². The van der Waals surface area contributed by atoms with Gasteiger partial charge in [0.1, 0.15) is 5.82 Å². The second kappa shape index (κ2) is 6.67. The minimum Gasteiger partial charge on any atom is -0.465 e. The lowest BCUT2D eigenvalue weighted by molar-refractivity contribution is 0.0600. The van der Waals surface area contributed by atoms with E-state index < -0.39 is 0 Å². The number of imidazole rings is 1. The van der Waals surface area contributed by atoms with Gasteiger partial charge in [-0.25, -0.2) is 9.78 Å². The smallest absolute Gasteiger partial charge is 0.337 e. The molecule has 2 aromatic carbocycles. The SMILES string of the molecule is COC(=O)c1ccc(Cn2ccnc2-c2cccc(Cl)c2)cc1. The van der Waals surface area contributed by atoms with Crippen molar-refractivity contribution in [3.8, 4) is 11.4 Å². The molecule has 0 aliphatic carbocycles. The monoisotopic (exact) mass is 326 g/mol. The lowest BCUT2D eigenvalue weighted by Gasteiger charge is -2.09. The molecular formula is C18H15ClN2O2. The Morgan fingerprint density at radius 1 is 1.22 bits per heavy atom. The fourth-order valence-corrected chi connectivity index (χ4v) is 2.58. The predicted octanol–water partition coefficient (Wildman–Crippen LogP) is 4.04. The lowest BCUT2D eigenvalue weighted by atomic mass is 10.1. The number of hydrogen-bond donors (Lipinski definition) is 0. The Morgan fingerprint density at radius 2 is 2.00 bits per heavy atom. The van der Waals surface area contributed by atoms with Gasteiger partial charge in [-0.05, 0) is 29.8 Å². The van der Waals surface area contributed by atoms with Crippen molar-refractivity contribution in [2.24, 2.45) is 0 Å². The van der Waals surface area contributed by atoms with Crippen molar-refractivity contribution < 1.29 is 9.53 Å². The van der Waals surface area contributed by atoms with Gasteiger partial charge in [-0.3, -0.25) is 0 Å². The normalized spacial score (nSPS) is 10.5. The van der Waals surface area contributed by atoms with Crippen molar-refractivity contribution in [2.75, 3.05) is 7.11 Å². The summed E-state index contributed by atoms with van der Waals surface area (Å²) in [7, 11) is 1.37. The fraction of sp³-hybridized carbons (Fsp3) is 0.111. The van der Waals surface area contributed by atoms with E-state index in [1.165, 1.54) is 7.11 Å². The standard InChI is InChI=1S/C18H15ClN2O2/c1-23-18(22)14-7-5-13(6-8-14)12-21-10-9-20-17(21)15-3-2-4-16(19)11-15/h2-11H,12H2,1H3. The number of halogens is 1. The Hall–Kier alpha value is -2.59. The van der Waals surface area contributed by atoms with E-state index in [9.17, 15) is 4.79 Å². The molecule has 0 atom stereocenters. The number of esters is 1. The molecule has 3 aromatic rings. The second-order valence-corrected chi connectivity index (χ2v) is 5.51. The zero-order chi connectivity index (χ0) is 16.2. The summed E-state index contributed by atoms with van der Waals surface area (Å²) in [5, 5.41) is 0.680. The summed E-state index contributed by atoms with van der Waals surface area (Å²) in [6.07, 6.45) is 3.68. The summed E-state index contributed by atoms with van der Waals surface area (Å²) in [5.41, 5.74) is 2.57. The average Bonchev–Trinajstić information content (AvgIpc) is 3.03. The van der Waals surface area contributed by atoms with Crippen LogP contribution in [0.2, 0.25) is 5.02 Å². The van der Waals surface area contributed by atoms with Crippen LogP contribution in [-0.2, 0) is 11.3 Å². The molecule has 1 aromatic heterocycles. The summed E-state index contributed by atoms with van der Waals surface area (Å²) in [5.74, 6) is 0.517. The maximum atomic E-state index is 11.5. The highest BCUT2D eigenvalue weighted by Crippen LogP contribution is 2.22. The molecule has 0 saturated carbocycles. The van der Waals surface area contributed by atoms with Gasteiger partial charge in [0.15, 0.2) is 0 Å². The Bertz CT molecular complexity index is 825. The summed E-state index contributed by atoms with van der Waals surface area (Å²) in [4.78, 5) is 15.9. The van der Waals surface area contributed by atoms with E-state index in [0.717, 1.165) is 17.0 Å². The number of methoxy groups -OCH3 is 1. The van der Waals surface area contributed by atoms with Crippen LogP contribution in [0.15, 0.2) is 60.9 Å².